The monoisotopic (exact) mass is 990 g/mol. The van der Waals surface area contributed by atoms with Crippen molar-refractivity contribution in [1.82, 2.24) is 24.2 Å². The second-order valence-corrected chi connectivity index (χ2v) is 20.6. The van der Waals surface area contributed by atoms with Gasteiger partial charge in [0, 0.05) is 43.5 Å². The van der Waals surface area contributed by atoms with Gasteiger partial charge in [0.05, 0.1) is 60.8 Å². The number of rotatable bonds is 23. The minimum Gasteiger partial charge on any atom is -0.493 e. The van der Waals surface area contributed by atoms with Crippen LogP contribution in [0.4, 0.5) is 17.2 Å². The number of phosphoric acid groups is 3. The lowest BCUT2D eigenvalue weighted by molar-refractivity contribution is -0.386. The number of nitrogens with one attached hydrogen (secondary N) is 1. The molecule has 26 nitrogen and oxygen atoms in total. The maximum absolute atomic E-state index is 13.3. The molecule has 5 aromatic rings. The lowest BCUT2D eigenvalue weighted by atomic mass is 10.1. The van der Waals surface area contributed by atoms with Gasteiger partial charge >= 0.3 is 23.5 Å². The van der Waals surface area contributed by atoms with E-state index < -0.39 is 75.8 Å². The smallest absolute Gasteiger partial charge is 0.490 e. The Bertz CT molecular complexity index is 2790. The lowest BCUT2D eigenvalue weighted by Crippen LogP contribution is -2.29. The van der Waals surface area contributed by atoms with Crippen LogP contribution in [0.15, 0.2) is 66.1 Å². The number of phosphoric ester groups is 1. The van der Waals surface area contributed by atoms with Gasteiger partial charge in [-0.15, -0.1) is 0 Å². The summed E-state index contributed by atoms with van der Waals surface area (Å²) in [7, 11) is -15.8. The van der Waals surface area contributed by atoms with Crippen LogP contribution < -0.4 is 24.8 Å². The van der Waals surface area contributed by atoms with Crippen molar-refractivity contribution in [2.24, 2.45) is 0 Å². The largest absolute Gasteiger partial charge is 0.493 e. The number of nitrogens with zero attached hydrogens (tertiary/aromatic N) is 6. The highest BCUT2D eigenvalue weighted by atomic mass is 32.2. The van der Waals surface area contributed by atoms with Crippen LogP contribution in [-0.4, -0.2) is 106 Å². The van der Waals surface area contributed by atoms with E-state index in [1.807, 2.05) is 31.1 Å². The molecule has 0 spiro atoms. The van der Waals surface area contributed by atoms with Crippen LogP contribution in [0.1, 0.15) is 37.5 Å². The normalized spacial score (nSPS) is 18.7. The van der Waals surface area contributed by atoms with E-state index >= 15 is 0 Å². The van der Waals surface area contributed by atoms with Crippen LogP contribution in [0.3, 0.4) is 0 Å². The quantitative estimate of drug-likeness (QED) is 0.0230. The molecule has 65 heavy (non-hydrogen) atoms. The van der Waals surface area contributed by atoms with Gasteiger partial charge < -0.3 is 49.2 Å². The van der Waals surface area contributed by atoms with Crippen LogP contribution in [0.25, 0.3) is 21.9 Å². The molecule has 2 aromatic heterocycles. The molecule has 0 amide bonds. The number of anilines is 2. The molecule has 354 valence electrons. The van der Waals surface area contributed by atoms with Crippen molar-refractivity contribution in [2.75, 3.05) is 51.6 Å². The third-order valence-corrected chi connectivity index (χ3v) is 15.0. The molecule has 0 bridgehead atoms. The molecule has 2 unspecified atom stereocenters. The predicted molar refractivity (Wildman–Crippen MR) is 229 cm³/mol. The van der Waals surface area contributed by atoms with Crippen molar-refractivity contribution in [3.05, 3.63) is 76.9 Å². The van der Waals surface area contributed by atoms with E-state index in [9.17, 15) is 42.0 Å². The van der Waals surface area contributed by atoms with Crippen LogP contribution in [0.2, 0.25) is 0 Å². The lowest BCUT2D eigenvalue weighted by Gasteiger charge is -2.21. The van der Waals surface area contributed by atoms with Crippen LogP contribution >= 0.6 is 23.5 Å². The number of nitro groups is 1. The molecule has 30 heteroatoms. The molecule has 1 saturated heterocycles. The summed E-state index contributed by atoms with van der Waals surface area (Å²) in [6.45, 7) is -1.11. The van der Waals surface area contributed by atoms with Crippen LogP contribution in [-0.2, 0) is 52.9 Å². The molecule has 0 saturated carbocycles. The Morgan fingerprint density at radius 1 is 0.985 bits per heavy atom. The number of methoxy groups -OCH3 is 1. The Labute approximate surface area is 370 Å². The zero-order chi connectivity index (χ0) is 47.3. The molecule has 0 aliphatic carbocycles. The second-order valence-electron chi connectivity index (χ2n) is 14.4. The van der Waals surface area contributed by atoms with Crippen molar-refractivity contribution in [3.63, 3.8) is 0 Å². The third kappa shape index (κ3) is 12.6. The Morgan fingerprint density at radius 3 is 2.43 bits per heavy atom. The van der Waals surface area contributed by atoms with E-state index in [0.29, 0.717) is 24.6 Å². The van der Waals surface area contributed by atoms with Gasteiger partial charge in [-0.2, -0.15) is 8.62 Å². The first-order valence-electron chi connectivity index (χ1n) is 19.2. The van der Waals surface area contributed by atoms with E-state index in [2.05, 4.69) is 28.3 Å². The first-order chi connectivity index (χ1) is 30.6. The Kier molecular flexibility index (Phi) is 15.6. The number of sulfonamides is 1. The predicted octanol–water partition coefficient (Wildman–Crippen LogP) is 4.29. The first kappa shape index (κ1) is 49.7. The van der Waals surface area contributed by atoms with Gasteiger partial charge in [0.1, 0.15) is 24.2 Å². The number of nitro benzene ring substituents is 1. The fraction of sp³-hybridized carbons (Fsp3) is 0.400. The number of hydrogen-bond donors (Lipinski definition) is 6. The number of ether oxygens (including phenoxy) is 4. The molecule has 3 aromatic carbocycles. The first-order valence-corrected chi connectivity index (χ1v) is 25.2. The summed E-state index contributed by atoms with van der Waals surface area (Å²) in [5, 5.41) is 13.7. The minimum absolute atomic E-state index is 0.0132. The molecule has 5 atom stereocenters. The highest BCUT2D eigenvalue weighted by Crippen LogP contribution is 2.66. The summed E-state index contributed by atoms with van der Waals surface area (Å²) in [5.74, 6) is 0.208. The molecular formula is C35H45N8O18P3S. The summed E-state index contributed by atoms with van der Waals surface area (Å²) < 4.78 is 102. The van der Waals surface area contributed by atoms with Gasteiger partial charge in [0.2, 0.25) is 10.0 Å². The highest BCUT2D eigenvalue weighted by molar-refractivity contribution is 7.89. The van der Waals surface area contributed by atoms with Crippen LogP contribution in [0, 0.1) is 10.1 Å². The standard InChI is InChI=1S/C35H45N8O18P3S/c1-41(2)25-11-7-10-24-23(25)9-8-12-31(24)65(53,54)40-13-5-4-6-14-56-28-16-26(43(44)45)22(15-27(28)55-3)18-57-29-17-32(42-21-39-33-34(36)37-20-38-35(33)42)59-30(29)19-58-63(49,50)61-64(51,52)60-62(46,47)48/h7-12,15-16,20-21,29-30,32,40H,4-6,13-14,17-19H2,1-3H3,(H,49,50)(H,51,52)(H2,36,37,38)(H2,46,47,48)/t29-,30+,32+/m0/s1. The number of fused-ring (bicyclic) bond motifs is 2. The third-order valence-electron chi connectivity index (χ3n) is 9.71. The van der Waals surface area contributed by atoms with Gasteiger partial charge in [-0.3, -0.25) is 19.2 Å². The maximum atomic E-state index is 13.3. The number of nitrogens with two attached hydrogens (primary N) is 1. The Balaban J connectivity index is 1.09. The van der Waals surface area contributed by atoms with Gasteiger partial charge in [0.15, 0.2) is 23.0 Å². The van der Waals surface area contributed by atoms with Crippen molar-refractivity contribution in [3.8, 4) is 11.5 Å². The van der Waals surface area contributed by atoms with Gasteiger partial charge in [-0.25, -0.2) is 41.8 Å². The molecule has 1 aliphatic rings. The zero-order valence-electron chi connectivity index (χ0n) is 34.7. The van der Waals surface area contributed by atoms with E-state index in [-0.39, 0.29) is 58.5 Å². The molecule has 7 N–H and O–H groups in total. The van der Waals surface area contributed by atoms with Gasteiger partial charge in [-0.05, 0) is 37.5 Å². The number of imidazole rings is 1. The molecule has 6 rings (SSSR count). The van der Waals surface area contributed by atoms with Crippen LogP contribution in [0.5, 0.6) is 11.5 Å². The Morgan fingerprint density at radius 2 is 1.72 bits per heavy atom. The molecular weight excluding hydrogens is 945 g/mol. The SMILES string of the molecule is COc1cc(CO[C@H]2C[C@H](n3cnc4c(N)ncnc43)O[C@@H]2COP(=O)(O)OP(=O)(O)OP(=O)(O)O)c([N+](=O)[O-])cc1OCCCCCNS(=O)(=O)c1cccc2c(N(C)C)cccc12. The fourth-order valence-electron chi connectivity index (χ4n) is 6.85. The van der Waals surface area contributed by atoms with E-state index in [1.165, 1.54) is 30.4 Å². The number of hydrogen-bond acceptors (Lipinski definition) is 19. The molecule has 1 fully saturated rings. The number of nitrogen functional groups attached to an aromatic ring is 1. The number of benzene rings is 3. The summed E-state index contributed by atoms with van der Waals surface area (Å²) in [4.78, 5) is 63.3. The van der Waals surface area contributed by atoms with Crippen molar-refractivity contribution in [2.45, 2.75) is 55.6 Å². The molecule has 0 radical (unpaired) electrons. The van der Waals surface area contributed by atoms with E-state index in [0.717, 1.165) is 17.1 Å². The maximum Gasteiger partial charge on any atom is 0.490 e. The molecule has 1 aliphatic heterocycles. The summed E-state index contributed by atoms with van der Waals surface area (Å²) in [6.07, 6.45) is 0.522. The highest BCUT2D eigenvalue weighted by Gasteiger charge is 2.44. The Hall–Kier alpha value is -4.69. The fourth-order valence-corrected chi connectivity index (χ4v) is 11.2. The van der Waals surface area contributed by atoms with Crippen molar-refractivity contribution in [1.29, 1.82) is 0 Å². The van der Waals surface area contributed by atoms with E-state index in [1.54, 1.807) is 24.3 Å². The van der Waals surface area contributed by atoms with Crippen molar-refractivity contribution < 1.29 is 78.7 Å². The molecule has 3 heterocycles. The second kappa shape index (κ2) is 20.4. The average molecular weight is 991 g/mol. The summed E-state index contributed by atoms with van der Waals surface area (Å²) in [6, 6.07) is 13.1. The zero-order valence-corrected chi connectivity index (χ0v) is 38.2. The summed E-state index contributed by atoms with van der Waals surface area (Å²) >= 11 is 0. The van der Waals surface area contributed by atoms with Crippen molar-refractivity contribution >= 4 is 72.6 Å². The van der Waals surface area contributed by atoms with Gasteiger partial charge in [-0.1, -0.05) is 24.3 Å². The average Bonchev–Trinajstić information content (AvgIpc) is 3.84. The minimum atomic E-state index is -5.84. The number of unbranched alkanes of at least 4 members (excludes halogenated alkanes) is 2. The van der Waals surface area contributed by atoms with Gasteiger partial charge in [0.25, 0.3) is 5.69 Å². The summed E-state index contributed by atoms with van der Waals surface area (Å²) in [5.41, 5.74) is 6.83. The number of aromatic nitrogens is 4. The van der Waals surface area contributed by atoms with E-state index in [4.69, 9.17) is 39.0 Å². The topological polar surface area (TPSA) is 359 Å².